The number of H-pyrrole nitrogens is 1. The summed E-state index contributed by atoms with van der Waals surface area (Å²) in [6.07, 6.45) is -15.1. The molecule has 2 unspecified atom stereocenters. The van der Waals surface area contributed by atoms with E-state index in [0.29, 0.717) is 4.57 Å². The van der Waals surface area contributed by atoms with Crippen molar-refractivity contribution in [3.63, 3.8) is 0 Å². The van der Waals surface area contributed by atoms with Gasteiger partial charge in [-0.15, -0.1) is 0 Å². The van der Waals surface area contributed by atoms with E-state index in [4.69, 9.17) is 9.47 Å². The van der Waals surface area contributed by atoms with Gasteiger partial charge in [0.1, 0.15) is 42.7 Å². The number of aromatic amines is 1. The fourth-order valence-electron chi connectivity index (χ4n) is 3.98. The van der Waals surface area contributed by atoms with Crippen molar-refractivity contribution < 1.29 is 84.1 Å². The van der Waals surface area contributed by atoms with Gasteiger partial charge in [-0.1, -0.05) is 0 Å². The van der Waals surface area contributed by atoms with Gasteiger partial charge in [0.15, 0.2) is 12.5 Å². The van der Waals surface area contributed by atoms with Crippen LogP contribution in [0.3, 0.4) is 0 Å². The smallest absolute Gasteiger partial charge is 0.330 e. The highest BCUT2D eigenvalue weighted by Gasteiger charge is 2.49. The van der Waals surface area contributed by atoms with Crippen LogP contribution in [0.2, 0.25) is 0 Å². The number of hydrogen-bond acceptors (Lipinski definition) is 20. The van der Waals surface area contributed by atoms with Crippen LogP contribution in [0, 0.1) is 0 Å². The number of phosphoric ester groups is 2. The van der Waals surface area contributed by atoms with Crippen LogP contribution >= 0.6 is 15.6 Å². The van der Waals surface area contributed by atoms with Crippen LogP contribution < -0.4 is 26.4 Å². The van der Waals surface area contributed by atoms with Gasteiger partial charge in [0, 0.05) is 19.2 Å². The van der Waals surface area contributed by atoms with E-state index in [0.717, 1.165) is 19.2 Å². The number of amides is 1. The average Bonchev–Trinajstić information content (AvgIpc) is 3.13. The molecule has 3 heterocycles. The van der Waals surface area contributed by atoms with Crippen molar-refractivity contribution >= 4 is 32.0 Å². The van der Waals surface area contributed by atoms with E-state index in [1.165, 1.54) is 0 Å². The maximum absolute atomic E-state index is 12.4. The first-order valence-corrected chi connectivity index (χ1v) is 15.8. The number of hydrogen-bond donors (Lipinski definition) is 6. The first-order valence-electron chi connectivity index (χ1n) is 11.6. The van der Waals surface area contributed by atoms with Gasteiger partial charge < -0.3 is 54.1 Å². The summed E-state index contributed by atoms with van der Waals surface area (Å²) in [5.74, 6) is -0.994. The van der Waals surface area contributed by atoms with Crippen LogP contribution in [0.1, 0.15) is 13.2 Å². The zero-order valence-electron chi connectivity index (χ0n) is 21.3. The minimum absolute atomic E-state index is 0.661. The predicted molar refractivity (Wildman–Crippen MR) is 125 cm³/mol. The number of aliphatic hydroxyl groups excluding tert-OH is 4. The van der Waals surface area contributed by atoms with Crippen LogP contribution in [0.5, 0.6) is 0 Å². The summed E-state index contributed by atoms with van der Waals surface area (Å²) >= 11 is 0. The van der Waals surface area contributed by atoms with E-state index in [1.54, 1.807) is 0 Å². The lowest BCUT2D eigenvalue weighted by molar-refractivity contribution is -0.282. The molecular formula is C17H24N3O20P2S-3. The largest absolute Gasteiger partial charge is 0.756 e. The highest BCUT2D eigenvalue weighted by molar-refractivity contribution is 7.80. The normalized spacial score (nSPS) is 34.3. The van der Waals surface area contributed by atoms with Gasteiger partial charge in [-0.2, -0.15) is 0 Å². The maximum atomic E-state index is 12.4. The number of aliphatic hydroxyl groups is 4. The Morgan fingerprint density at radius 3 is 2.33 bits per heavy atom. The third-order valence-electron chi connectivity index (χ3n) is 5.74. The van der Waals surface area contributed by atoms with Crippen molar-refractivity contribution in [2.45, 2.75) is 62.1 Å². The lowest BCUT2D eigenvalue weighted by Gasteiger charge is -2.45. The minimum atomic E-state index is -6.12. The number of carbonyl (C=O) groups excluding carboxylic acids is 1. The molecule has 2 fully saturated rings. The molecular weight excluding hydrogens is 660 g/mol. The molecule has 1 aromatic heterocycles. The molecule has 0 spiro atoms. The van der Waals surface area contributed by atoms with E-state index in [-0.39, 0.29) is 0 Å². The van der Waals surface area contributed by atoms with Crippen molar-refractivity contribution in [3.8, 4) is 0 Å². The molecule has 23 nitrogen and oxygen atoms in total. The topological polar surface area (TPSA) is 358 Å². The molecule has 43 heavy (non-hydrogen) atoms. The van der Waals surface area contributed by atoms with Crippen molar-refractivity contribution in [3.05, 3.63) is 33.1 Å². The Bertz CT molecular complexity index is 1480. The molecule has 0 bridgehead atoms. The summed E-state index contributed by atoms with van der Waals surface area (Å²) in [4.78, 5) is 61.2. The number of nitrogens with one attached hydrogen (secondary N) is 2. The van der Waals surface area contributed by atoms with Crippen molar-refractivity contribution in [1.82, 2.24) is 14.9 Å². The van der Waals surface area contributed by atoms with Crippen LogP contribution in [-0.4, -0.2) is 111 Å². The van der Waals surface area contributed by atoms with Gasteiger partial charge in [-0.3, -0.25) is 37.0 Å². The quantitative estimate of drug-likeness (QED) is 0.0677. The fraction of sp³-hybridized carbons (Fsp3) is 0.706. The summed E-state index contributed by atoms with van der Waals surface area (Å²) < 4.78 is 85.4. The zero-order chi connectivity index (χ0) is 32.5. The number of phosphoric acid groups is 2. The molecule has 0 aliphatic carbocycles. The molecule has 246 valence electrons. The fourth-order valence-corrected chi connectivity index (χ4v) is 6.58. The standard InChI is InChI=1S/C17H27N3O20P2S/c1-6(22)18-10-12(25)14(39-43(32,33)34)7(4-21)37-16(10)38-42(30,31)40-41(28,29)35-5-8-11(24)13(26)15(36-8)20-3-2-9(23)19-17(20)27/h2-3,7-8,10-16,21,24-26H,4-5H2,1H3,(H,18,22)(H,28,29)(H,30,31)(H,19,23,27)(H,32,33,34)/p-3/t7-,8-,10-,11-,12-,13-,14+,15-,16-/m1/s1. The van der Waals surface area contributed by atoms with Crippen LogP contribution in [0.15, 0.2) is 21.9 Å². The Balaban J connectivity index is 1.70. The molecule has 1 amide bonds. The number of rotatable bonds is 12. The lowest BCUT2D eigenvalue weighted by Crippen LogP contribution is -2.65. The van der Waals surface area contributed by atoms with Crippen molar-refractivity contribution in [1.29, 1.82) is 0 Å². The SMILES string of the molecule is CC(=O)N[C@H]1[C@@H](OP(=O)([O-])OP(=O)([O-])OC[C@H]2O[C@@H](n3ccc(=O)[nH]c3=O)[C@H](O)[C@@H]2O)O[C@H](CO)[C@H](OS(=O)(=O)[O-])[C@@H]1O. The highest BCUT2D eigenvalue weighted by atomic mass is 32.3. The highest BCUT2D eigenvalue weighted by Crippen LogP contribution is 2.57. The molecule has 0 radical (unpaired) electrons. The van der Waals surface area contributed by atoms with E-state index >= 15 is 0 Å². The van der Waals surface area contributed by atoms with Crippen molar-refractivity contribution in [2.75, 3.05) is 13.2 Å². The predicted octanol–water partition coefficient (Wildman–Crippen LogP) is -6.43. The van der Waals surface area contributed by atoms with Gasteiger partial charge in [-0.05, 0) is 0 Å². The maximum Gasteiger partial charge on any atom is 0.330 e. The average molecular weight is 684 g/mol. The Morgan fingerprint density at radius 1 is 1.12 bits per heavy atom. The van der Waals surface area contributed by atoms with E-state index in [1.807, 2.05) is 10.3 Å². The Hall–Kier alpha value is -1.96. The van der Waals surface area contributed by atoms with Gasteiger partial charge in [-0.25, -0.2) is 17.5 Å². The van der Waals surface area contributed by atoms with Gasteiger partial charge in [0.2, 0.25) is 16.3 Å². The van der Waals surface area contributed by atoms with Gasteiger partial charge in [0.05, 0.1) is 13.2 Å². The third-order valence-corrected chi connectivity index (χ3v) is 8.73. The second kappa shape index (κ2) is 13.6. The Kier molecular flexibility index (Phi) is 11.2. The summed E-state index contributed by atoms with van der Waals surface area (Å²) in [7, 11) is -17.6. The van der Waals surface area contributed by atoms with Crippen molar-refractivity contribution in [2.24, 2.45) is 0 Å². The molecule has 0 saturated carbocycles. The first-order chi connectivity index (χ1) is 19.7. The molecule has 26 heteroatoms. The molecule has 11 atom stereocenters. The van der Waals surface area contributed by atoms with E-state index < -0.39 is 112 Å². The summed E-state index contributed by atoms with van der Waals surface area (Å²) in [5.41, 5.74) is -1.86. The molecule has 1 aromatic rings. The van der Waals surface area contributed by atoms with Gasteiger partial charge >= 0.3 is 5.69 Å². The third kappa shape index (κ3) is 9.27. The number of carbonyl (C=O) groups is 1. The monoisotopic (exact) mass is 684 g/mol. The van der Waals surface area contributed by atoms with Crippen LogP contribution in [-0.2, 0) is 51.3 Å². The summed E-state index contributed by atoms with van der Waals surface area (Å²) in [6.45, 7) is -1.56. The number of aromatic nitrogens is 2. The summed E-state index contributed by atoms with van der Waals surface area (Å²) in [5, 5.41) is 42.2. The zero-order valence-corrected chi connectivity index (χ0v) is 23.9. The second-order valence-electron chi connectivity index (χ2n) is 8.85. The number of ether oxygens (including phenoxy) is 2. The van der Waals surface area contributed by atoms with Crippen LogP contribution in [0.25, 0.3) is 0 Å². The van der Waals surface area contributed by atoms with E-state index in [2.05, 4.69) is 17.5 Å². The van der Waals surface area contributed by atoms with Crippen LogP contribution in [0.4, 0.5) is 0 Å². The molecule has 0 aromatic carbocycles. The lowest BCUT2D eigenvalue weighted by atomic mass is 9.97. The second-order valence-corrected chi connectivity index (χ2v) is 12.8. The molecule has 2 saturated heterocycles. The molecule has 3 rings (SSSR count). The Labute approximate surface area is 239 Å². The summed E-state index contributed by atoms with van der Waals surface area (Å²) in [6, 6.07) is -1.17. The number of nitrogens with zero attached hydrogens (tertiary/aromatic N) is 1. The molecule has 6 N–H and O–H groups in total. The Morgan fingerprint density at radius 2 is 1.77 bits per heavy atom. The molecule has 2 aliphatic heterocycles. The first kappa shape index (κ1) is 35.5. The molecule has 2 aliphatic rings. The van der Waals surface area contributed by atoms with Gasteiger partial charge in [0.25, 0.3) is 21.2 Å². The minimum Gasteiger partial charge on any atom is -0.756 e. The van der Waals surface area contributed by atoms with E-state index in [9.17, 15) is 66.7 Å².